The number of rotatable bonds is 4. The Kier molecular flexibility index (Phi) is 5.67. The lowest BCUT2D eigenvalue weighted by Gasteiger charge is -2.33. The molecule has 0 bridgehead atoms. The second-order valence-corrected chi connectivity index (χ2v) is 9.66. The molecular weight excluding hydrogens is 406 g/mol. The summed E-state index contributed by atoms with van der Waals surface area (Å²) in [5, 5.41) is 1.28. The summed E-state index contributed by atoms with van der Waals surface area (Å²) in [6.45, 7) is 12.9. The molecule has 5 heteroatoms. The number of hydrogen-bond acceptors (Lipinski definition) is 4. The number of likely N-dealkylation sites (N-methyl/N-ethyl adjacent to an activating group) is 1. The van der Waals surface area contributed by atoms with Crippen LogP contribution in [0.4, 0.5) is 5.82 Å². The number of aromatic nitrogens is 3. The van der Waals surface area contributed by atoms with Crippen LogP contribution in [0.5, 0.6) is 0 Å². The summed E-state index contributed by atoms with van der Waals surface area (Å²) in [7, 11) is 2.18. The normalized spacial score (nSPS) is 15.0. The number of hydrogen-bond donors (Lipinski definition) is 1. The fourth-order valence-corrected chi connectivity index (χ4v) is 4.98. The van der Waals surface area contributed by atoms with Crippen molar-refractivity contribution in [3.05, 3.63) is 65.6 Å². The molecule has 170 valence electrons. The Hall–Kier alpha value is -3.18. The Morgan fingerprint density at radius 2 is 1.55 bits per heavy atom. The molecule has 1 aliphatic rings. The van der Waals surface area contributed by atoms with Crippen molar-refractivity contribution < 1.29 is 0 Å². The van der Waals surface area contributed by atoms with Gasteiger partial charge in [-0.1, -0.05) is 19.9 Å². The van der Waals surface area contributed by atoms with Gasteiger partial charge in [-0.25, -0.2) is 4.98 Å². The van der Waals surface area contributed by atoms with Crippen molar-refractivity contribution in [2.24, 2.45) is 0 Å². The average Bonchev–Trinajstić information content (AvgIpc) is 3.18. The Morgan fingerprint density at radius 1 is 0.848 bits per heavy atom. The van der Waals surface area contributed by atoms with Gasteiger partial charge in [0.05, 0.1) is 5.69 Å². The minimum Gasteiger partial charge on any atom is -0.354 e. The molecule has 0 aliphatic carbocycles. The fourth-order valence-electron chi connectivity index (χ4n) is 4.98. The Bertz CT molecular complexity index is 1260. The molecule has 0 unspecified atom stereocenters. The summed E-state index contributed by atoms with van der Waals surface area (Å²) in [6, 6.07) is 15.4. The highest BCUT2D eigenvalue weighted by atomic mass is 15.3. The summed E-state index contributed by atoms with van der Waals surface area (Å²) in [5.41, 5.74) is 9.40. The smallest absolute Gasteiger partial charge is 0.128 e. The van der Waals surface area contributed by atoms with Gasteiger partial charge in [-0.3, -0.25) is 4.98 Å². The number of piperazine rings is 1. The van der Waals surface area contributed by atoms with Crippen LogP contribution in [-0.4, -0.2) is 53.1 Å². The Morgan fingerprint density at radius 3 is 2.18 bits per heavy atom. The first-order valence-corrected chi connectivity index (χ1v) is 11.9. The van der Waals surface area contributed by atoms with E-state index in [-0.39, 0.29) is 0 Å². The van der Waals surface area contributed by atoms with E-state index in [0.717, 1.165) is 48.9 Å². The lowest BCUT2D eigenvalue weighted by Crippen LogP contribution is -2.44. The van der Waals surface area contributed by atoms with Crippen LogP contribution in [0.3, 0.4) is 0 Å². The van der Waals surface area contributed by atoms with E-state index < -0.39 is 0 Å². The lowest BCUT2D eigenvalue weighted by molar-refractivity contribution is 0.312. The van der Waals surface area contributed by atoms with E-state index in [4.69, 9.17) is 4.98 Å². The molecule has 0 spiro atoms. The summed E-state index contributed by atoms with van der Waals surface area (Å²) in [5.74, 6) is 1.47. The zero-order chi connectivity index (χ0) is 23.1. The van der Waals surface area contributed by atoms with Crippen LogP contribution >= 0.6 is 0 Å². The molecule has 1 aromatic carbocycles. The minimum atomic E-state index is 0.399. The Labute approximate surface area is 196 Å². The number of nitrogens with zero attached hydrogens (tertiary/aromatic N) is 4. The van der Waals surface area contributed by atoms with Crippen LogP contribution in [0.15, 0.2) is 48.7 Å². The van der Waals surface area contributed by atoms with Crippen LogP contribution in [0.1, 0.15) is 36.7 Å². The maximum atomic E-state index is 4.81. The van der Waals surface area contributed by atoms with E-state index in [1.165, 1.54) is 33.3 Å². The first-order valence-electron chi connectivity index (χ1n) is 11.9. The first-order chi connectivity index (χ1) is 15.9. The average molecular weight is 440 g/mol. The van der Waals surface area contributed by atoms with Gasteiger partial charge in [0.1, 0.15) is 5.82 Å². The molecule has 4 aromatic rings. The summed E-state index contributed by atoms with van der Waals surface area (Å²) in [6.07, 6.45) is 2.02. The van der Waals surface area contributed by atoms with Gasteiger partial charge in [0.25, 0.3) is 0 Å². The zero-order valence-corrected chi connectivity index (χ0v) is 20.3. The van der Waals surface area contributed by atoms with E-state index in [1.54, 1.807) is 0 Å². The van der Waals surface area contributed by atoms with Crippen molar-refractivity contribution >= 4 is 16.7 Å². The molecule has 5 nitrogen and oxygen atoms in total. The largest absolute Gasteiger partial charge is 0.354 e. The second kappa shape index (κ2) is 8.64. The highest BCUT2D eigenvalue weighted by Gasteiger charge is 2.18. The number of H-pyrrole nitrogens is 1. The molecule has 0 saturated carbocycles. The molecule has 0 amide bonds. The molecule has 33 heavy (non-hydrogen) atoms. The number of pyridine rings is 2. The van der Waals surface area contributed by atoms with Crippen LogP contribution < -0.4 is 4.90 Å². The maximum Gasteiger partial charge on any atom is 0.128 e. The molecule has 1 saturated heterocycles. The van der Waals surface area contributed by atoms with Gasteiger partial charge in [-0.15, -0.1) is 0 Å². The van der Waals surface area contributed by atoms with Crippen molar-refractivity contribution in [2.45, 2.75) is 33.6 Å². The Balaban J connectivity index is 1.52. The van der Waals surface area contributed by atoms with Crippen molar-refractivity contribution in [3.63, 3.8) is 0 Å². The number of nitrogens with one attached hydrogen (secondary N) is 1. The number of benzene rings is 1. The zero-order valence-electron chi connectivity index (χ0n) is 20.3. The highest BCUT2D eigenvalue weighted by Crippen LogP contribution is 2.37. The van der Waals surface area contributed by atoms with Gasteiger partial charge in [-0.05, 0) is 74.3 Å². The monoisotopic (exact) mass is 439 g/mol. The first kappa shape index (κ1) is 21.7. The van der Waals surface area contributed by atoms with Crippen LogP contribution in [0.25, 0.3) is 33.3 Å². The standard InChI is InChI=1S/C28H33N5/c1-18(2)27-24-16-21(22-7-9-26(29-17-22)33-12-10-32(5)11-13-33)6-8-25(24)31-28(27)23-14-19(3)30-20(4)15-23/h6-9,14-18,31H,10-13H2,1-5H3. The number of aromatic amines is 1. The molecule has 0 radical (unpaired) electrons. The van der Waals surface area contributed by atoms with Gasteiger partial charge in [0.15, 0.2) is 0 Å². The lowest BCUT2D eigenvalue weighted by atomic mass is 9.94. The van der Waals surface area contributed by atoms with E-state index >= 15 is 0 Å². The SMILES string of the molecule is Cc1cc(-c2[nH]c3ccc(-c4ccc(N5CCN(C)CC5)nc4)cc3c2C(C)C)cc(C)n1. The molecule has 1 N–H and O–H groups in total. The van der Waals surface area contributed by atoms with Gasteiger partial charge in [0, 0.05) is 65.8 Å². The van der Waals surface area contributed by atoms with Gasteiger partial charge < -0.3 is 14.8 Å². The summed E-state index contributed by atoms with van der Waals surface area (Å²) < 4.78 is 0. The molecule has 3 aromatic heterocycles. The van der Waals surface area contributed by atoms with Crippen molar-refractivity contribution in [3.8, 4) is 22.4 Å². The van der Waals surface area contributed by atoms with Gasteiger partial charge >= 0.3 is 0 Å². The van der Waals surface area contributed by atoms with Crippen LogP contribution in [-0.2, 0) is 0 Å². The van der Waals surface area contributed by atoms with E-state index in [2.05, 4.69) is 97.0 Å². The molecule has 0 atom stereocenters. The number of aryl methyl sites for hydroxylation is 2. The van der Waals surface area contributed by atoms with Crippen molar-refractivity contribution in [2.75, 3.05) is 38.1 Å². The van der Waals surface area contributed by atoms with E-state index in [9.17, 15) is 0 Å². The third-order valence-electron chi connectivity index (χ3n) is 6.69. The maximum absolute atomic E-state index is 4.81. The third-order valence-corrected chi connectivity index (χ3v) is 6.69. The quantitative estimate of drug-likeness (QED) is 0.438. The number of anilines is 1. The molecular formula is C28H33N5. The third kappa shape index (κ3) is 4.25. The molecule has 1 aliphatic heterocycles. The fraction of sp³-hybridized carbons (Fsp3) is 0.357. The van der Waals surface area contributed by atoms with Crippen LogP contribution in [0, 0.1) is 13.8 Å². The van der Waals surface area contributed by atoms with Gasteiger partial charge in [0.2, 0.25) is 0 Å². The molecule has 5 rings (SSSR count). The summed E-state index contributed by atoms with van der Waals surface area (Å²) >= 11 is 0. The van der Waals surface area contributed by atoms with E-state index in [1.807, 2.05) is 6.20 Å². The van der Waals surface area contributed by atoms with Crippen molar-refractivity contribution in [1.29, 1.82) is 0 Å². The van der Waals surface area contributed by atoms with Crippen molar-refractivity contribution in [1.82, 2.24) is 19.9 Å². The number of fused-ring (bicyclic) bond motifs is 1. The minimum absolute atomic E-state index is 0.399. The second-order valence-electron chi connectivity index (χ2n) is 9.66. The van der Waals surface area contributed by atoms with Crippen LogP contribution in [0.2, 0.25) is 0 Å². The molecule has 1 fully saturated rings. The molecule has 4 heterocycles. The van der Waals surface area contributed by atoms with E-state index in [0.29, 0.717) is 5.92 Å². The highest BCUT2D eigenvalue weighted by molar-refractivity contribution is 5.94. The predicted molar refractivity (Wildman–Crippen MR) is 138 cm³/mol. The van der Waals surface area contributed by atoms with Gasteiger partial charge in [-0.2, -0.15) is 0 Å². The summed E-state index contributed by atoms with van der Waals surface area (Å²) in [4.78, 5) is 17.8. The topological polar surface area (TPSA) is 48.1 Å². The predicted octanol–water partition coefficient (Wildman–Crippen LogP) is 5.78.